The van der Waals surface area contributed by atoms with Crippen LogP contribution in [0.3, 0.4) is 0 Å². The Hall–Kier alpha value is -1.53. The minimum atomic E-state index is -0.660. The average molecular weight is 355 g/mol. The molecule has 3 aromatic rings. The second kappa shape index (κ2) is 5.10. The molecule has 0 saturated heterocycles. The second-order valence-electron chi connectivity index (χ2n) is 4.36. The number of halogens is 3. The van der Waals surface area contributed by atoms with Gasteiger partial charge < -0.3 is 5.32 Å². The zero-order valence-electron chi connectivity index (χ0n) is 10.4. The van der Waals surface area contributed by atoms with E-state index < -0.39 is 11.6 Å². The summed E-state index contributed by atoms with van der Waals surface area (Å²) in [5, 5.41) is 3.18. The minimum absolute atomic E-state index is 0.191. The fourth-order valence-corrected chi connectivity index (χ4v) is 3.22. The first-order valence-electron chi connectivity index (χ1n) is 5.82. The maximum atomic E-state index is 13.8. The van der Waals surface area contributed by atoms with E-state index in [4.69, 9.17) is 0 Å². The van der Waals surface area contributed by atoms with Crippen molar-refractivity contribution >= 4 is 48.3 Å². The number of benzene rings is 2. The number of thiazole rings is 1. The van der Waals surface area contributed by atoms with Gasteiger partial charge in [0.25, 0.3) is 0 Å². The standard InChI is InChI=1S/C14H9BrF2N2S/c1-7-2-3-11-12(4-7)20-14(18-11)19-13-9(16)5-8(15)6-10(13)17/h2-6H,1H3,(H,18,19). The zero-order valence-corrected chi connectivity index (χ0v) is 12.8. The molecule has 1 heterocycles. The van der Waals surface area contributed by atoms with Crippen molar-refractivity contribution in [1.29, 1.82) is 0 Å². The Morgan fingerprint density at radius 1 is 1.15 bits per heavy atom. The highest BCUT2D eigenvalue weighted by molar-refractivity contribution is 9.10. The molecule has 0 aliphatic heterocycles. The van der Waals surface area contributed by atoms with Crippen LogP contribution in [0, 0.1) is 18.6 Å². The monoisotopic (exact) mass is 354 g/mol. The van der Waals surface area contributed by atoms with Gasteiger partial charge in [-0.25, -0.2) is 13.8 Å². The smallest absolute Gasteiger partial charge is 0.188 e. The lowest BCUT2D eigenvalue weighted by atomic mass is 10.2. The lowest BCUT2D eigenvalue weighted by molar-refractivity contribution is 0.589. The van der Waals surface area contributed by atoms with E-state index in [1.807, 2.05) is 25.1 Å². The third-order valence-corrected chi connectivity index (χ3v) is 4.17. The maximum Gasteiger partial charge on any atom is 0.188 e. The van der Waals surface area contributed by atoms with Gasteiger partial charge in [0.1, 0.15) is 5.69 Å². The lowest BCUT2D eigenvalue weighted by Crippen LogP contribution is -1.97. The lowest BCUT2D eigenvalue weighted by Gasteiger charge is -2.06. The third kappa shape index (κ3) is 2.53. The van der Waals surface area contributed by atoms with Crippen LogP contribution in [0.4, 0.5) is 19.6 Å². The average Bonchev–Trinajstić information content (AvgIpc) is 2.75. The van der Waals surface area contributed by atoms with Crippen molar-refractivity contribution in [3.8, 4) is 0 Å². The molecular formula is C14H9BrF2N2S. The number of hydrogen-bond donors (Lipinski definition) is 1. The SMILES string of the molecule is Cc1ccc2nc(Nc3c(F)cc(Br)cc3F)sc2c1. The van der Waals surface area contributed by atoms with Crippen LogP contribution < -0.4 is 5.32 Å². The Balaban J connectivity index is 2.01. The molecule has 0 spiro atoms. The highest BCUT2D eigenvalue weighted by Gasteiger charge is 2.13. The van der Waals surface area contributed by atoms with E-state index in [0.29, 0.717) is 9.60 Å². The van der Waals surface area contributed by atoms with Crippen molar-refractivity contribution in [2.75, 3.05) is 5.32 Å². The quantitative estimate of drug-likeness (QED) is 0.667. The van der Waals surface area contributed by atoms with E-state index in [-0.39, 0.29) is 5.69 Å². The summed E-state index contributed by atoms with van der Waals surface area (Å²) in [5.74, 6) is -1.32. The molecule has 0 unspecified atom stereocenters. The molecule has 2 aromatic carbocycles. The van der Waals surface area contributed by atoms with Crippen molar-refractivity contribution in [2.24, 2.45) is 0 Å². The van der Waals surface area contributed by atoms with Crippen LogP contribution in [0.15, 0.2) is 34.8 Å². The fourth-order valence-electron chi connectivity index (χ4n) is 1.85. The number of aryl methyl sites for hydroxylation is 1. The number of fused-ring (bicyclic) bond motifs is 1. The summed E-state index contributed by atoms with van der Waals surface area (Å²) >= 11 is 4.41. The predicted molar refractivity (Wildman–Crippen MR) is 81.7 cm³/mol. The van der Waals surface area contributed by atoms with Gasteiger partial charge in [-0.3, -0.25) is 0 Å². The number of anilines is 2. The van der Waals surface area contributed by atoms with Crippen LogP contribution in [0.2, 0.25) is 0 Å². The largest absolute Gasteiger partial charge is 0.327 e. The first-order valence-corrected chi connectivity index (χ1v) is 7.42. The molecule has 1 aromatic heterocycles. The molecule has 2 nitrogen and oxygen atoms in total. The summed E-state index contributed by atoms with van der Waals surface area (Å²) in [6.45, 7) is 1.99. The summed E-state index contributed by atoms with van der Waals surface area (Å²) in [7, 11) is 0. The summed E-state index contributed by atoms with van der Waals surface area (Å²) < 4.78 is 28.9. The summed E-state index contributed by atoms with van der Waals surface area (Å²) in [6.07, 6.45) is 0. The van der Waals surface area contributed by atoms with E-state index in [0.717, 1.165) is 15.8 Å². The van der Waals surface area contributed by atoms with Crippen LogP contribution in [0.5, 0.6) is 0 Å². The van der Waals surface area contributed by atoms with E-state index in [9.17, 15) is 8.78 Å². The molecule has 102 valence electrons. The molecule has 3 rings (SSSR count). The van der Waals surface area contributed by atoms with Crippen molar-refractivity contribution in [1.82, 2.24) is 4.98 Å². The van der Waals surface area contributed by atoms with Gasteiger partial charge in [-0.05, 0) is 36.8 Å². The molecule has 0 amide bonds. The molecule has 0 atom stereocenters. The second-order valence-corrected chi connectivity index (χ2v) is 6.31. The Morgan fingerprint density at radius 2 is 1.85 bits per heavy atom. The molecule has 1 N–H and O–H groups in total. The van der Waals surface area contributed by atoms with Crippen LogP contribution in [0.25, 0.3) is 10.2 Å². The van der Waals surface area contributed by atoms with Gasteiger partial charge >= 0.3 is 0 Å². The van der Waals surface area contributed by atoms with E-state index >= 15 is 0 Å². The molecule has 6 heteroatoms. The summed E-state index contributed by atoms with van der Waals surface area (Å²) in [6, 6.07) is 8.26. The van der Waals surface area contributed by atoms with Crippen LogP contribution in [-0.4, -0.2) is 4.98 Å². The predicted octanol–water partition coefficient (Wildman–Crippen LogP) is 5.39. The van der Waals surface area contributed by atoms with E-state index in [1.54, 1.807) is 0 Å². The Bertz CT molecular complexity index is 778. The first kappa shape index (κ1) is 13.5. The van der Waals surface area contributed by atoms with Crippen LogP contribution in [-0.2, 0) is 0 Å². The minimum Gasteiger partial charge on any atom is -0.327 e. The van der Waals surface area contributed by atoms with Gasteiger partial charge in [0.05, 0.1) is 10.2 Å². The van der Waals surface area contributed by atoms with Crippen molar-refractivity contribution < 1.29 is 8.78 Å². The normalized spacial score (nSPS) is 11.0. The topological polar surface area (TPSA) is 24.9 Å². The first-order chi connectivity index (χ1) is 9.52. The molecule has 0 radical (unpaired) electrons. The Kier molecular flexibility index (Phi) is 3.43. The van der Waals surface area contributed by atoms with Crippen LogP contribution in [0.1, 0.15) is 5.56 Å². The van der Waals surface area contributed by atoms with E-state index in [2.05, 4.69) is 26.2 Å². The number of rotatable bonds is 2. The zero-order chi connectivity index (χ0) is 14.3. The molecule has 20 heavy (non-hydrogen) atoms. The summed E-state index contributed by atoms with van der Waals surface area (Å²) in [4.78, 5) is 4.32. The van der Waals surface area contributed by atoms with Gasteiger partial charge in [0, 0.05) is 4.47 Å². The molecule has 0 fully saturated rings. The van der Waals surface area contributed by atoms with Crippen molar-refractivity contribution in [3.05, 3.63) is 52.0 Å². The Labute approximate surface area is 126 Å². The highest BCUT2D eigenvalue weighted by Crippen LogP contribution is 2.32. The van der Waals surface area contributed by atoms with Crippen LogP contribution >= 0.6 is 27.3 Å². The number of nitrogens with one attached hydrogen (secondary N) is 1. The maximum absolute atomic E-state index is 13.8. The highest BCUT2D eigenvalue weighted by atomic mass is 79.9. The number of hydrogen-bond acceptors (Lipinski definition) is 3. The van der Waals surface area contributed by atoms with Gasteiger partial charge in [-0.15, -0.1) is 0 Å². The van der Waals surface area contributed by atoms with Gasteiger partial charge in [0.15, 0.2) is 16.8 Å². The molecule has 0 aliphatic rings. The van der Waals surface area contributed by atoms with Crippen molar-refractivity contribution in [3.63, 3.8) is 0 Å². The third-order valence-electron chi connectivity index (χ3n) is 2.78. The molecular weight excluding hydrogens is 346 g/mol. The summed E-state index contributed by atoms with van der Waals surface area (Å²) in [5.41, 5.74) is 1.73. The number of nitrogens with zero attached hydrogens (tertiary/aromatic N) is 1. The number of aromatic nitrogens is 1. The van der Waals surface area contributed by atoms with Gasteiger partial charge in [0.2, 0.25) is 0 Å². The molecule has 0 aliphatic carbocycles. The molecule has 0 bridgehead atoms. The van der Waals surface area contributed by atoms with Crippen molar-refractivity contribution in [2.45, 2.75) is 6.92 Å². The molecule has 0 saturated carbocycles. The Morgan fingerprint density at radius 3 is 2.55 bits per heavy atom. The van der Waals surface area contributed by atoms with E-state index in [1.165, 1.54) is 23.5 Å². The van der Waals surface area contributed by atoms with Gasteiger partial charge in [-0.1, -0.05) is 33.3 Å². The van der Waals surface area contributed by atoms with Gasteiger partial charge in [-0.2, -0.15) is 0 Å². The fraction of sp³-hybridized carbons (Fsp3) is 0.0714.